The molecule has 0 saturated heterocycles. The number of amides is 3. The lowest BCUT2D eigenvalue weighted by molar-refractivity contribution is -0.122. The maximum Gasteiger partial charge on any atom is 0.408 e. The summed E-state index contributed by atoms with van der Waals surface area (Å²) >= 11 is 6.30. The highest BCUT2D eigenvalue weighted by molar-refractivity contribution is 6.35. The van der Waals surface area contributed by atoms with Gasteiger partial charge in [0.25, 0.3) is 5.91 Å². The van der Waals surface area contributed by atoms with Crippen LogP contribution in [-0.2, 0) is 4.79 Å². The Kier molecular flexibility index (Phi) is 7.68. The second-order valence-corrected chi connectivity index (χ2v) is 8.58. The summed E-state index contributed by atoms with van der Waals surface area (Å²) in [5.41, 5.74) is 1.03. The SMILES string of the molecule is CCC(C(=O)Nc1cccc(Cl)c1C(=O)Nc1ccccc1C)N(C(=O)O)C(C)(C)C. The number of carbonyl (C=O) groups is 3. The number of carbonyl (C=O) groups excluding carboxylic acids is 2. The van der Waals surface area contributed by atoms with Crippen molar-refractivity contribution in [2.24, 2.45) is 0 Å². The van der Waals surface area contributed by atoms with E-state index in [-0.39, 0.29) is 22.7 Å². The zero-order valence-corrected chi connectivity index (χ0v) is 19.1. The number of hydrogen-bond acceptors (Lipinski definition) is 3. The summed E-state index contributed by atoms with van der Waals surface area (Å²) in [7, 11) is 0. The molecule has 0 bridgehead atoms. The summed E-state index contributed by atoms with van der Waals surface area (Å²) in [4.78, 5) is 39.0. The lowest BCUT2D eigenvalue weighted by atomic mass is 10.0. The molecule has 0 aliphatic carbocycles. The van der Waals surface area contributed by atoms with Crippen molar-refractivity contribution in [1.82, 2.24) is 4.90 Å². The molecule has 8 heteroatoms. The molecule has 2 aromatic rings. The van der Waals surface area contributed by atoms with E-state index in [0.717, 1.165) is 10.5 Å². The quantitative estimate of drug-likeness (QED) is 0.554. The van der Waals surface area contributed by atoms with Crippen molar-refractivity contribution >= 4 is 40.9 Å². The van der Waals surface area contributed by atoms with Gasteiger partial charge in [0.2, 0.25) is 5.91 Å². The Bertz CT molecular complexity index is 985. The lowest BCUT2D eigenvalue weighted by Crippen LogP contribution is -2.55. The van der Waals surface area contributed by atoms with Crippen molar-refractivity contribution in [2.45, 2.75) is 52.6 Å². The largest absolute Gasteiger partial charge is 0.465 e. The van der Waals surface area contributed by atoms with Crippen LogP contribution in [0.1, 0.15) is 50.0 Å². The van der Waals surface area contributed by atoms with Crippen LogP contribution in [0.4, 0.5) is 16.2 Å². The average molecular weight is 446 g/mol. The Morgan fingerprint density at radius 2 is 1.65 bits per heavy atom. The standard InChI is InChI=1S/C23H28ClN3O4/c1-6-18(27(22(30)31)23(3,4)5)20(28)26-17-13-9-11-15(24)19(17)21(29)25-16-12-8-7-10-14(16)2/h7-13,18H,6H2,1-5H3,(H,25,29)(H,26,28)(H,30,31). The van der Waals surface area contributed by atoms with E-state index in [9.17, 15) is 19.5 Å². The van der Waals surface area contributed by atoms with E-state index in [2.05, 4.69) is 10.6 Å². The van der Waals surface area contributed by atoms with E-state index < -0.39 is 29.5 Å². The summed E-state index contributed by atoms with van der Waals surface area (Å²) in [5.74, 6) is -1.01. The topological polar surface area (TPSA) is 98.7 Å². The molecule has 0 radical (unpaired) electrons. The first-order valence-corrected chi connectivity index (χ1v) is 10.3. The van der Waals surface area contributed by atoms with E-state index in [1.807, 2.05) is 19.1 Å². The van der Waals surface area contributed by atoms with E-state index in [1.165, 1.54) is 0 Å². The molecular weight excluding hydrogens is 418 g/mol. The molecule has 7 nitrogen and oxygen atoms in total. The molecule has 1 atom stereocenters. The molecule has 0 aliphatic heterocycles. The van der Waals surface area contributed by atoms with Gasteiger partial charge in [-0.1, -0.05) is 42.8 Å². The monoisotopic (exact) mass is 445 g/mol. The van der Waals surface area contributed by atoms with Crippen LogP contribution in [0.15, 0.2) is 42.5 Å². The Labute approximate surface area is 187 Å². The second-order valence-electron chi connectivity index (χ2n) is 8.17. The number of rotatable bonds is 6. The molecule has 0 fully saturated rings. The first-order valence-electron chi connectivity index (χ1n) is 9.96. The van der Waals surface area contributed by atoms with E-state index in [4.69, 9.17) is 11.6 Å². The van der Waals surface area contributed by atoms with Gasteiger partial charge in [-0.3, -0.25) is 14.5 Å². The van der Waals surface area contributed by atoms with Crippen molar-refractivity contribution in [2.75, 3.05) is 10.6 Å². The highest BCUT2D eigenvalue weighted by Crippen LogP contribution is 2.28. The summed E-state index contributed by atoms with van der Waals surface area (Å²) in [6.07, 6.45) is -0.932. The number of hydrogen-bond donors (Lipinski definition) is 3. The van der Waals surface area contributed by atoms with Gasteiger partial charge in [0.05, 0.1) is 16.3 Å². The summed E-state index contributed by atoms with van der Waals surface area (Å²) < 4.78 is 0. The van der Waals surface area contributed by atoms with Crippen LogP contribution < -0.4 is 10.6 Å². The molecule has 3 amide bonds. The van der Waals surface area contributed by atoms with Gasteiger partial charge < -0.3 is 15.7 Å². The van der Waals surface area contributed by atoms with Crippen LogP contribution in [0.2, 0.25) is 5.02 Å². The van der Waals surface area contributed by atoms with Gasteiger partial charge >= 0.3 is 6.09 Å². The fraction of sp³-hybridized carbons (Fsp3) is 0.348. The Balaban J connectivity index is 2.36. The maximum absolute atomic E-state index is 13.0. The van der Waals surface area contributed by atoms with Gasteiger partial charge in [-0.2, -0.15) is 0 Å². The highest BCUT2D eigenvalue weighted by Gasteiger charge is 2.36. The Morgan fingerprint density at radius 3 is 2.19 bits per heavy atom. The number of anilines is 2. The highest BCUT2D eigenvalue weighted by atomic mass is 35.5. The average Bonchev–Trinajstić information content (AvgIpc) is 2.66. The normalized spacial score (nSPS) is 12.1. The Morgan fingerprint density at radius 1 is 1.03 bits per heavy atom. The number of nitrogens with one attached hydrogen (secondary N) is 2. The summed E-state index contributed by atoms with van der Waals surface area (Å²) in [6.45, 7) is 8.76. The minimum Gasteiger partial charge on any atom is -0.465 e. The van der Waals surface area contributed by atoms with Crippen LogP contribution in [0.25, 0.3) is 0 Å². The summed E-state index contributed by atoms with van der Waals surface area (Å²) in [5, 5.41) is 15.3. The van der Waals surface area contributed by atoms with Crippen LogP contribution in [0.3, 0.4) is 0 Å². The second kappa shape index (κ2) is 9.83. The molecular formula is C23H28ClN3O4. The van der Waals surface area contributed by atoms with Gasteiger partial charge in [-0.15, -0.1) is 0 Å². The van der Waals surface area contributed by atoms with E-state index in [1.54, 1.807) is 58.0 Å². The van der Waals surface area contributed by atoms with Gasteiger partial charge in [0.1, 0.15) is 6.04 Å². The molecule has 2 rings (SSSR count). The summed E-state index contributed by atoms with van der Waals surface area (Å²) in [6, 6.07) is 11.1. The van der Waals surface area contributed by atoms with Crippen molar-refractivity contribution in [3.8, 4) is 0 Å². The first kappa shape index (κ1) is 24.2. The zero-order valence-electron chi connectivity index (χ0n) is 18.3. The van der Waals surface area contributed by atoms with E-state index in [0.29, 0.717) is 5.69 Å². The predicted octanol–water partition coefficient (Wildman–Crippen LogP) is 5.40. The number of benzene rings is 2. The van der Waals surface area contributed by atoms with Crippen LogP contribution >= 0.6 is 11.6 Å². The number of para-hydroxylation sites is 1. The van der Waals surface area contributed by atoms with Crippen molar-refractivity contribution < 1.29 is 19.5 Å². The molecule has 1 unspecified atom stereocenters. The number of aryl methyl sites for hydroxylation is 1. The third kappa shape index (κ3) is 5.76. The third-order valence-electron chi connectivity index (χ3n) is 4.82. The third-order valence-corrected chi connectivity index (χ3v) is 5.14. The van der Waals surface area contributed by atoms with Gasteiger partial charge in [0.15, 0.2) is 0 Å². The minimum absolute atomic E-state index is 0.105. The van der Waals surface area contributed by atoms with Crippen molar-refractivity contribution in [3.05, 3.63) is 58.6 Å². The molecule has 31 heavy (non-hydrogen) atoms. The van der Waals surface area contributed by atoms with Crippen molar-refractivity contribution in [1.29, 1.82) is 0 Å². The van der Waals surface area contributed by atoms with Gasteiger partial charge in [-0.25, -0.2) is 4.79 Å². The lowest BCUT2D eigenvalue weighted by Gasteiger charge is -2.38. The number of carboxylic acid groups (broad SMARTS) is 1. The number of nitrogens with zero attached hydrogens (tertiary/aromatic N) is 1. The van der Waals surface area contributed by atoms with Crippen molar-refractivity contribution in [3.63, 3.8) is 0 Å². The first-order chi connectivity index (χ1) is 14.5. The van der Waals surface area contributed by atoms with Gasteiger partial charge in [-0.05, 0) is 57.9 Å². The fourth-order valence-corrected chi connectivity index (χ4v) is 3.61. The van der Waals surface area contributed by atoms with Crippen LogP contribution in [0, 0.1) is 6.92 Å². The molecule has 2 aromatic carbocycles. The molecule has 0 aromatic heterocycles. The van der Waals surface area contributed by atoms with Gasteiger partial charge in [0, 0.05) is 11.2 Å². The van der Waals surface area contributed by atoms with Crippen LogP contribution in [0.5, 0.6) is 0 Å². The number of halogens is 1. The molecule has 0 spiro atoms. The predicted molar refractivity (Wildman–Crippen MR) is 123 cm³/mol. The minimum atomic E-state index is -1.20. The fourth-order valence-electron chi connectivity index (χ4n) is 3.35. The Hall–Kier alpha value is -3.06. The molecule has 0 aliphatic rings. The molecule has 166 valence electrons. The van der Waals surface area contributed by atoms with Crippen LogP contribution in [-0.4, -0.2) is 39.5 Å². The molecule has 0 heterocycles. The molecule has 0 saturated carbocycles. The maximum atomic E-state index is 13.0. The smallest absolute Gasteiger partial charge is 0.408 e. The molecule has 3 N–H and O–H groups in total. The zero-order chi connectivity index (χ0) is 23.3. The van der Waals surface area contributed by atoms with E-state index >= 15 is 0 Å².